The number of benzene rings is 1. The van der Waals surface area contributed by atoms with E-state index in [1.54, 1.807) is 38.8 Å². The number of fused-ring (bicyclic) bond motifs is 1. The first-order chi connectivity index (χ1) is 20.4. The predicted molar refractivity (Wildman–Crippen MR) is 164 cm³/mol. The molecule has 13 heteroatoms. The lowest BCUT2D eigenvalue weighted by Gasteiger charge is -2.36. The summed E-state index contributed by atoms with van der Waals surface area (Å²) in [7, 11) is 3.01. The minimum absolute atomic E-state index is 0.190. The van der Waals surface area contributed by atoms with Gasteiger partial charge in [0.05, 0.1) is 25.3 Å². The number of hydrogen-bond acceptors (Lipinski definition) is 7. The summed E-state index contributed by atoms with van der Waals surface area (Å²) in [5, 5.41) is 3.49. The van der Waals surface area contributed by atoms with E-state index in [1.807, 2.05) is 27.7 Å². The number of carbonyl (C=O) groups excluding carboxylic acids is 2. The number of aromatic nitrogens is 3. The second-order valence-electron chi connectivity index (χ2n) is 12.1. The molecule has 1 aromatic carbocycles. The number of piperidine rings is 1. The van der Waals surface area contributed by atoms with Crippen molar-refractivity contribution in [2.24, 2.45) is 14.1 Å². The second kappa shape index (κ2) is 12.1. The number of amides is 2. The molecular weight excluding hydrogens is 576 g/mol. The molecule has 2 aromatic heterocycles. The summed E-state index contributed by atoms with van der Waals surface area (Å²) in [6.45, 7) is 8.11. The highest BCUT2D eigenvalue weighted by Crippen LogP contribution is 2.35. The van der Waals surface area contributed by atoms with Gasteiger partial charge < -0.3 is 29.2 Å². The van der Waals surface area contributed by atoms with Gasteiger partial charge in [-0.2, -0.15) is 0 Å². The first-order valence-corrected chi connectivity index (χ1v) is 14.9. The number of carbonyl (C=O) groups is 2. The average molecular weight is 615 g/mol. The quantitative estimate of drug-likeness (QED) is 0.469. The van der Waals surface area contributed by atoms with Crippen LogP contribution in [0.2, 0.25) is 5.02 Å². The van der Waals surface area contributed by atoms with E-state index < -0.39 is 22.9 Å². The molecule has 2 aliphatic heterocycles. The second-order valence-corrected chi connectivity index (χ2v) is 12.5. The Morgan fingerprint density at radius 2 is 1.74 bits per heavy atom. The van der Waals surface area contributed by atoms with Crippen molar-refractivity contribution in [2.75, 3.05) is 44.3 Å². The van der Waals surface area contributed by atoms with Gasteiger partial charge in [0.2, 0.25) is 0 Å². The SMILES string of the molecule is Cn1c(=O)c2c(c(C(=O)N3CCOCC3)c(N3CCC[C@@H](NC(=O)OC(C)(C)C)C3)n2Cc2ccccc2Cl)n(C)c1=O. The van der Waals surface area contributed by atoms with Gasteiger partial charge in [0, 0.05) is 51.3 Å². The number of alkyl carbamates (subject to hydrolysis) is 1. The zero-order chi connectivity index (χ0) is 31.1. The molecule has 2 aliphatic rings. The van der Waals surface area contributed by atoms with Crippen molar-refractivity contribution in [3.8, 4) is 0 Å². The Labute approximate surface area is 254 Å². The van der Waals surface area contributed by atoms with Crippen LogP contribution in [0.15, 0.2) is 33.9 Å². The number of nitrogens with zero attached hydrogens (tertiary/aromatic N) is 5. The maximum atomic E-state index is 14.4. The van der Waals surface area contributed by atoms with Crippen molar-refractivity contribution in [2.45, 2.75) is 51.8 Å². The minimum atomic E-state index is -0.650. The predicted octanol–water partition coefficient (Wildman–Crippen LogP) is 2.71. The van der Waals surface area contributed by atoms with Crippen LogP contribution in [0.3, 0.4) is 0 Å². The third kappa shape index (κ3) is 6.16. The zero-order valence-corrected chi connectivity index (χ0v) is 26.1. The molecule has 2 saturated heterocycles. The maximum Gasteiger partial charge on any atom is 0.407 e. The number of rotatable bonds is 5. The van der Waals surface area contributed by atoms with Crippen LogP contribution in [0.25, 0.3) is 11.0 Å². The van der Waals surface area contributed by atoms with Gasteiger partial charge in [-0.3, -0.25) is 18.7 Å². The van der Waals surface area contributed by atoms with Gasteiger partial charge in [-0.25, -0.2) is 9.59 Å². The van der Waals surface area contributed by atoms with Crippen molar-refractivity contribution in [1.82, 2.24) is 23.9 Å². The number of halogens is 1. The first kappa shape index (κ1) is 30.7. The van der Waals surface area contributed by atoms with Crippen LogP contribution in [0.1, 0.15) is 49.5 Å². The number of ether oxygens (including phenoxy) is 2. The number of aryl methyl sites for hydroxylation is 1. The highest BCUT2D eigenvalue weighted by atomic mass is 35.5. The molecule has 0 spiro atoms. The highest BCUT2D eigenvalue weighted by Gasteiger charge is 2.36. The Hall–Kier alpha value is -3.77. The summed E-state index contributed by atoms with van der Waals surface area (Å²) in [6.07, 6.45) is 0.917. The fourth-order valence-corrected chi connectivity index (χ4v) is 6.06. The molecule has 3 aromatic rings. The van der Waals surface area contributed by atoms with Crippen molar-refractivity contribution in [3.63, 3.8) is 0 Å². The molecule has 12 nitrogen and oxygen atoms in total. The molecule has 0 aliphatic carbocycles. The van der Waals surface area contributed by atoms with E-state index >= 15 is 0 Å². The van der Waals surface area contributed by atoms with Gasteiger partial charge in [-0.15, -0.1) is 0 Å². The first-order valence-electron chi connectivity index (χ1n) is 14.5. The molecule has 4 heterocycles. The number of hydrogen-bond donors (Lipinski definition) is 1. The highest BCUT2D eigenvalue weighted by molar-refractivity contribution is 6.31. The largest absolute Gasteiger partial charge is 0.444 e. The van der Waals surface area contributed by atoms with E-state index in [4.69, 9.17) is 21.1 Å². The van der Waals surface area contributed by atoms with Crippen LogP contribution >= 0.6 is 11.6 Å². The van der Waals surface area contributed by atoms with E-state index in [-0.39, 0.29) is 35.1 Å². The molecule has 5 rings (SSSR count). The molecule has 0 bridgehead atoms. The van der Waals surface area contributed by atoms with Crippen LogP contribution in [0.4, 0.5) is 10.6 Å². The molecule has 1 atom stereocenters. The lowest BCUT2D eigenvalue weighted by atomic mass is 10.0. The molecule has 43 heavy (non-hydrogen) atoms. The molecule has 0 saturated carbocycles. The standard InChI is InChI=1S/C30H39ClN6O6/c1-30(2,3)43-28(40)32-20-10-8-12-36(18-20)25-22(26(38)35-13-15-42-16-14-35)23-24(27(39)34(5)29(41)33(23)4)37(25)17-19-9-6-7-11-21(19)31/h6-7,9,11,20H,8,10,12-18H2,1-5H3,(H,32,40)/t20-/m1/s1. The topological polar surface area (TPSA) is 120 Å². The van der Waals surface area contributed by atoms with Crippen LogP contribution in [0, 0.1) is 0 Å². The third-order valence-corrected chi connectivity index (χ3v) is 8.24. The molecule has 0 radical (unpaired) electrons. The van der Waals surface area contributed by atoms with Crippen molar-refractivity contribution >= 4 is 40.5 Å². The van der Waals surface area contributed by atoms with Crippen LogP contribution in [0.5, 0.6) is 0 Å². The Balaban J connectivity index is 1.72. The van der Waals surface area contributed by atoms with Gasteiger partial charge in [0.15, 0.2) is 0 Å². The van der Waals surface area contributed by atoms with E-state index in [0.717, 1.165) is 16.6 Å². The van der Waals surface area contributed by atoms with Crippen LogP contribution < -0.4 is 21.5 Å². The van der Waals surface area contributed by atoms with Gasteiger partial charge >= 0.3 is 11.8 Å². The Morgan fingerprint density at radius 3 is 2.42 bits per heavy atom. The molecule has 2 amide bonds. The monoisotopic (exact) mass is 614 g/mol. The van der Waals surface area contributed by atoms with Crippen molar-refractivity contribution in [1.29, 1.82) is 0 Å². The Kier molecular flexibility index (Phi) is 8.62. The van der Waals surface area contributed by atoms with E-state index in [2.05, 4.69) is 5.32 Å². The number of anilines is 1. The molecular formula is C30H39ClN6O6. The Bertz CT molecular complexity index is 1660. The lowest BCUT2D eigenvalue weighted by molar-refractivity contribution is 0.0304. The summed E-state index contributed by atoms with van der Waals surface area (Å²) in [4.78, 5) is 57.9. The number of nitrogens with one attached hydrogen (secondary N) is 1. The third-order valence-electron chi connectivity index (χ3n) is 7.87. The van der Waals surface area contributed by atoms with Crippen molar-refractivity contribution < 1.29 is 19.1 Å². The average Bonchev–Trinajstić information content (AvgIpc) is 3.30. The molecule has 232 valence electrons. The van der Waals surface area contributed by atoms with E-state index in [0.29, 0.717) is 56.7 Å². The molecule has 0 unspecified atom stereocenters. The minimum Gasteiger partial charge on any atom is -0.444 e. The van der Waals surface area contributed by atoms with E-state index in [9.17, 15) is 19.2 Å². The lowest BCUT2D eigenvalue weighted by Crippen LogP contribution is -2.50. The van der Waals surface area contributed by atoms with Gasteiger partial charge in [-0.1, -0.05) is 29.8 Å². The van der Waals surface area contributed by atoms with Crippen molar-refractivity contribution in [3.05, 3.63) is 61.3 Å². The smallest absolute Gasteiger partial charge is 0.407 e. The molecule has 2 fully saturated rings. The summed E-state index contributed by atoms with van der Waals surface area (Å²) >= 11 is 6.60. The maximum absolute atomic E-state index is 14.4. The zero-order valence-electron chi connectivity index (χ0n) is 25.3. The summed E-state index contributed by atoms with van der Waals surface area (Å²) in [5.41, 5.74) is -0.149. The van der Waals surface area contributed by atoms with E-state index in [1.165, 1.54) is 11.6 Å². The number of morpholine rings is 1. The fraction of sp³-hybridized carbons (Fsp3) is 0.533. The Morgan fingerprint density at radius 1 is 1.05 bits per heavy atom. The van der Waals surface area contributed by atoms with Gasteiger partial charge in [-0.05, 0) is 45.2 Å². The van der Waals surface area contributed by atoms with Gasteiger partial charge in [0.25, 0.3) is 11.5 Å². The summed E-state index contributed by atoms with van der Waals surface area (Å²) in [6, 6.07) is 7.07. The van der Waals surface area contributed by atoms with Crippen LogP contribution in [-0.4, -0.2) is 81.6 Å². The van der Waals surface area contributed by atoms with Gasteiger partial charge in [0.1, 0.15) is 22.5 Å². The summed E-state index contributed by atoms with van der Waals surface area (Å²) < 4.78 is 15.2. The molecule has 1 N–H and O–H groups in total. The fourth-order valence-electron chi connectivity index (χ4n) is 5.87. The van der Waals surface area contributed by atoms with Crippen LogP contribution in [-0.2, 0) is 30.1 Å². The summed E-state index contributed by atoms with van der Waals surface area (Å²) in [5.74, 6) is 0.229. The normalized spacial score (nSPS) is 17.8.